The van der Waals surface area contributed by atoms with Crippen LogP contribution < -0.4 is 21.8 Å². The molecule has 5 heteroatoms. The van der Waals surface area contributed by atoms with Crippen molar-refractivity contribution in [3.8, 4) is 0 Å². The average molecular weight is 349 g/mol. The minimum absolute atomic E-state index is 0.0736. The Morgan fingerprint density at radius 2 is 1.54 bits per heavy atom. The predicted molar refractivity (Wildman–Crippen MR) is 106 cm³/mol. The van der Waals surface area contributed by atoms with E-state index in [1.54, 1.807) is 12.2 Å². The molecule has 0 amide bonds. The van der Waals surface area contributed by atoms with Crippen LogP contribution in [0.1, 0.15) is 33.3 Å². The standard InChI is InChI=1S/C21H23N3O2/c1-13-12-22-15(18(13)21(2,3)4)11-17-20(26)23-16(19(25)24-17)10-14-8-6-5-7-9-14/h5-13H,1-4H3,(H,23,26)(H,24,25)/b16-10-,17-11-. The summed E-state index contributed by atoms with van der Waals surface area (Å²) in [5, 5.41) is 0.440. The van der Waals surface area contributed by atoms with Crippen molar-refractivity contribution in [1.29, 1.82) is 0 Å². The maximum atomic E-state index is 12.5. The highest BCUT2D eigenvalue weighted by molar-refractivity contribution is 5.75. The van der Waals surface area contributed by atoms with Gasteiger partial charge < -0.3 is 9.97 Å². The molecule has 1 aliphatic heterocycles. The van der Waals surface area contributed by atoms with E-state index in [0.29, 0.717) is 0 Å². The number of hydrogen-bond donors (Lipinski definition) is 2. The van der Waals surface area contributed by atoms with Gasteiger partial charge >= 0.3 is 0 Å². The van der Waals surface area contributed by atoms with Crippen LogP contribution in [0.25, 0.3) is 12.2 Å². The number of aromatic amines is 2. The molecule has 1 aromatic heterocycles. The first-order valence-corrected chi connectivity index (χ1v) is 8.65. The number of aromatic nitrogens is 2. The van der Waals surface area contributed by atoms with Crippen molar-refractivity contribution in [3.63, 3.8) is 0 Å². The maximum absolute atomic E-state index is 12.5. The molecule has 0 saturated carbocycles. The molecule has 5 nitrogen and oxygen atoms in total. The Morgan fingerprint density at radius 1 is 0.962 bits per heavy atom. The number of nitrogens with zero attached hydrogens (tertiary/aromatic N) is 1. The van der Waals surface area contributed by atoms with Gasteiger partial charge in [0, 0.05) is 12.1 Å². The van der Waals surface area contributed by atoms with Gasteiger partial charge in [0.05, 0.1) is 5.70 Å². The van der Waals surface area contributed by atoms with E-state index < -0.39 is 0 Å². The molecule has 0 aliphatic carbocycles. The number of rotatable bonds is 2. The SMILES string of the molecule is CC1C=NC(/C=c2\[nH]c(=O)/c(=C/c3ccccc3)[nH]c2=O)=C1C(C)(C)C. The van der Waals surface area contributed by atoms with Crippen LogP contribution in [0.2, 0.25) is 0 Å². The Labute approximate surface area is 151 Å². The molecule has 26 heavy (non-hydrogen) atoms. The average Bonchev–Trinajstić information content (AvgIpc) is 2.94. The molecule has 2 aromatic rings. The first kappa shape index (κ1) is 17.9. The summed E-state index contributed by atoms with van der Waals surface area (Å²) in [5.74, 6) is 0.206. The van der Waals surface area contributed by atoms with E-state index in [4.69, 9.17) is 0 Å². The number of H-pyrrole nitrogens is 2. The quantitative estimate of drug-likeness (QED) is 0.865. The van der Waals surface area contributed by atoms with Crippen LogP contribution in [0.3, 0.4) is 0 Å². The topological polar surface area (TPSA) is 78.1 Å². The molecule has 0 radical (unpaired) electrons. The van der Waals surface area contributed by atoms with E-state index in [-0.39, 0.29) is 33.1 Å². The van der Waals surface area contributed by atoms with Gasteiger partial charge in [-0.1, -0.05) is 58.0 Å². The summed E-state index contributed by atoms with van der Waals surface area (Å²) in [4.78, 5) is 34.6. The summed E-state index contributed by atoms with van der Waals surface area (Å²) in [5.41, 5.74) is 1.98. The zero-order chi connectivity index (χ0) is 18.9. The fraction of sp³-hybridized carbons (Fsp3) is 0.286. The van der Waals surface area contributed by atoms with Gasteiger partial charge in [-0.3, -0.25) is 14.6 Å². The van der Waals surface area contributed by atoms with Gasteiger partial charge in [-0.2, -0.15) is 0 Å². The number of aliphatic imine (C=N–C) groups is 1. The van der Waals surface area contributed by atoms with Gasteiger partial charge in [0.15, 0.2) is 0 Å². The largest absolute Gasteiger partial charge is 0.316 e. The molecule has 0 bridgehead atoms. The summed E-state index contributed by atoms with van der Waals surface area (Å²) >= 11 is 0. The minimum atomic E-state index is -0.345. The van der Waals surface area contributed by atoms with E-state index >= 15 is 0 Å². The summed E-state index contributed by atoms with van der Waals surface area (Å²) in [7, 11) is 0. The van der Waals surface area contributed by atoms with Crippen molar-refractivity contribution < 1.29 is 0 Å². The van der Waals surface area contributed by atoms with Crippen molar-refractivity contribution in [3.05, 3.63) is 78.6 Å². The lowest BCUT2D eigenvalue weighted by Crippen LogP contribution is -2.46. The summed E-state index contributed by atoms with van der Waals surface area (Å²) in [6.45, 7) is 8.43. The highest BCUT2D eigenvalue weighted by Crippen LogP contribution is 2.37. The van der Waals surface area contributed by atoms with Crippen molar-refractivity contribution in [2.75, 3.05) is 0 Å². The molecule has 1 aromatic carbocycles. The second-order valence-electron chi connectivity index (χ2n) is 7.55. The van der Waals surface area contributed by atoms with Crippen molar-refractivity contribution in [2.24, 2.45) is 16.3 Å². The molecule has 0 saturated heterocycles. The van der Waals surface area contributed by atoms with E-state index in [1.807, 2.05) is 36.5 Å². The van der Waals surface area contributed by atoms with E-state index in [2.05, 4.69) is 42.7 Å². The summed E-state index contributed by atoms with van der Waals surface area (Å²) in [6, 6.07) is 9.38. The third-order valence-corrected chi connectivity index (χ3v) is 4.35. The first-order valence-electron chi connectivity index (χ1n) is 8.65. The molecule has 0 fully saturated rings. The van der Waals surface area contributed by atoms with Crippen LogP contribution in [0.5, 0.6) is 0 Å². The van der Waals surface area contributed by atoms with Crippen molar-refractivity contribution in [2.45, 2.75) is 27.7 Å². The van der Waals surface area contributed by atoms with Crippen LogP contribution in [-0.2, 0) is 0 Å². The normalized spacial score (nSPS) is 18.8. The third-order valence-electron chi connectivity index (χ3n) is 4.35. The monoisotopic (exact) mass is 349 g/mol. The van der Waals surface area contributed by atoms with Gasteiger partial charge in [0.25, 0.3) is 11.1 Å². The molecule has 0 spiro atoms. The molecule has 1 atom stereocenters. The molecule has 1 unspecified atom stereocenters. The van der Waals surface area contributed by atoms with Crippen LogP contribution in [0, 0.1) is 11.3 Å². The summed E-state index contributed by atoms with van der Waals surface area (Å²) in [6.07, 6.45) is 5.18. The molecule has 1 aliphatic rings. The number of hydrogen-bond acceptors (Lipinski definition) is 3. The van der Waals surface area contributed by atoms with Gasteiger partial charge in [-0.05, 0) is 28.7 Å². The molecule has 134 valence electrons. The van der Waals surface area contributed by atoms with Gasteiger partial charge in [0.1, 0.15) is 10.7 Å². The fourth-order valence-electron chi connectivity index (χ4n) is 3.30. The Morgan fingerprint density at radius 3 is 2.12 bits per heavy atom. The Balaban J connectivity index is 2.16. The molecule has 2 heterocycles. The number of allylic oxidation sites excluding steroid dienone is 2. The lowest BCUT2D eigenvalue weighted by molar-refractivity contribution is 0.471. The van der Waals surface area contributed by atoms with Gasteiger partial charge in [-0.15, -0.1) is 0 Å². The first-order chi connectivity index (χ1) is 12.3. The fourth-order valence-corrected chi connectivity index (χ4v) is 3.30. The highest BCUT2D eigenvalue weighted by atomic mass is 16.1. The van der Waals surface area contributed by atoms with Crippen LogP contribution >= 0.6 is 0 Å². The van der Waals surface area contributed by atoms with Crippen LogP contribution in [-0.4, -0.2) is 16.2 Å². The zero-order valence-corrected chi connectivity index (χ0v) is 15.5. The van der Waals surface area contributed by atoms with Crippen molar-refractivity contribution in [1.82, 2.24) is 9.97 Å². The Hall–Kier alpha value is -2.95. The Kier molecular flexibility index (Phi) is 4.64. The maximum Gasteiger partial charge on any atom is 0.272 e. The van der Waals surface area contributed by atoms with E-state index in [9.17, 15) is 9.59 Å². The molecule has 3 rings (SSSR count). The predicted octanol–water partition coefficient (Wildman–Crippen LogP) is 1.69. The molecular formula is C21H23N3O2. The lowest BCUT2D eigenvalue weighted by Gasteiger charge is -2.24. The summed E-state index contributed by atoms with van der Waals surface area (Å²) < 4.78 is 0. The Bertz CT molecular complexity index is 1110. The zero-order valence-electron chi connectivity index (χ0n) is 15.5. The van der Waals surface area contributed by atoms with Crippen molar-refractivity contribution >= 4 is 18.4 Å². The minimum Gasteiger partial charge on any atom is -0.316 e. The molecular weight excluding hydrogens is 326 g/mol. The van der Waals surface area contributed by atoms with E-state index in [1.165, 1.54) is 0 Å². The van der Waals surface area contributed by atoms with Crippen LogP contribution in [0.15, 0.2) is 56.2 Å². The van der Waals surface area contributed by atoms with Crippen LogP contribution in [0.4, 0.5) is 0 Å². The van der Waals surface area contributed by atoms with E-state index in [0.717, 1.165) is 16.8 Å². The number of benzene rings is 1. The van der Waals surface area contributed by atoms with Gasteiger partial charge in [0.2, 0.25) is 0 Å². The highest BCUT2D eigenvalue weighted by Gasteiger charge is 2.27. The van der Waals surface area contributed by atoms with Gasteiger partial charge in [-0.25, -0.2) is 0 Å². The smallest absolute Gasteiger partial charge is 0.272 e. The lowest BCUT2D eigenvalue weighted by atomic mass is 9.79. The second kappa shape index (κ2) is 6.75. The third kappa shape index (κ3) is 3.67. The molecule has 2 N–H and O–H groups in total. The second-order valence-corrected chi connectivity index (χ2v) is 7.55. The number of nitrogens with one attached hydrogen (secondary N) is 2.